The molecule has 0 saturated carbocycles. The fraction of sp³-hybridized carbons (Fsp3) is 0. The molecule has 0 atom stereocenters. The van der Waals surface area contributed by atoms with Crippen molar-refractivity contribution in [2.75, 3.05) is 4.90 Å². The molecule has 3 heteroatoms. The van der Waals surface area contributed by atoms with E-state index >= 15 is 0 Å². The lowest BCUT2D eigenvalue weighted by Crippen LogP contribution is -2.10. The number of anilines is 3. The molecule has 0 bridgehead atoms. The highest BCUT2D eigenvalue weighted by atomic mass is 32.1. The zero-order chi connectivity index (χ0) is 32.3. The number of fused-ring (bicyclic) bond motifs is 8. The third-order valence-electron chi connectivity index (χ3n) is 9.68. The van der Waals surface area contributed by atoms with E-state index in [0.717, 1.165) is 44.3 Å². The van der Waals surface area contributed by atoms with Crippen LogP contribution >= 0.6 is 11.3 Å². The van der Waals surface area contributed by atoms with Gasteiger partial charge in [0.2, 0.25) is 0 Å². The van der Waals surface area contributed by atoms with E-state index in [1.54, 1.807) is 0 Å². The van der Waals surface area contributed by atoms with E-state index in [4.69, 9.17) is 4.42 Å². The maximum absolute atomic E-state index is 6.51. The summed E-state index contributed by atoms with van der Waals surface area (Å²) in [4.78, 5) is 2.40. The Labute approximate surface area is 287 Å². The zero-order valence-corrected chi connectivity index (χ0v) is 27.3. The molecule has 230 valence electrons. The molecule has 0 saturated heterocycles. The predicted octanol–water partition coefficient (Wildman–Crippen LogP) is 13.9. The van der Waals surface area contributed by atoms with Gasteiger partial charge in [0, 0.05) is 43.0 Å². The lowest BCUT2D eigenvalue weighted by molar-refractivity contribution is 0.673. The fourth-order valence-electron chi connectivity index (χ4n) is 7.35. The molecule has 0 unspecified atom stereocenters. The molecule has 0 spiro atoms. The topological polar surface area (TPSA) is 16.4 Å². The second kappa shape index (κ2) is 11.2. The van der Waals surface area contributed by atoms with Gasteiger partial charge in [-0.3, -0.25) is 0 Å². The van der Waals surface area contributed by atoms with Crippen LogP contribution in [0.15, 0.2) is 180 Å². The molecule has 10 rings (SSSR count). The van der Waals surface area contributed by atoms with Crippen molar-refractivity contribution in [3.05, 3.63) is 176 Å². The summed E-state index contributed by atoms with van der Waals surface area (Å²) in [5, 5.41) is 7.20. The van der Waals surface area contributed by atoms with Crippen molar-refractivity contribution < 1.29 is 4.42 Å². The Kier molecular flexibility index (Phi) is 6.39. The monoisotopic (exact) mass is 643 g/mol. The standard InChI is InChI=1S/C46H29NOS/c1-2-10-30(11-3-1)31-20-25-34(26-21-31)47(41-17-8-16-39-38-14-6-7-19-43(38)49-46(39)41)35-27-22-33(23-28-35)36-15-9-18-42-44(36)40-29-24-32-12-4-5-13-37(32)45(40)48-42/h1-29H. The summed E-state index contributed by atoms with van der Waals surface area (Å²) in [5.74, 6) is 0. The third-order valence-corrected chi connectivity index (χ3v) is 10.9. The molecule has 0 N–H and O–H groups in total. The van der Waals surface area contributed by atoms with Crippen molar-refractivity contribution in [1.82, 2.24) is 0 Å². The van der Waals surface area contributed by atoms with E-state index in [1.807, 2.05) is 11.3 Å². The Bertz CT molecular complexity index is 2810. The van der Waals surface area contributed by atoms with Gasteiger partial charge in [0.1, 0.15) is 11.2 Å². The first-order valence-electron chi connectivity index (χ1n) is 16.6. The number of benzene rings is 8. The predicted molar refractivity (Wildman–Crippen MR) is 210 cm³/mol. The Morgan fingerprint density at radius 3 is 1.90 bits per heavy atom. The maximum atomic E-state index is 6.51. The van der Waals surface area contributed by atoms with Crippen molar-refractivity contribution >= 4 is 81.3 Å². The minimum Gasteiger partial charge on any atom is -0.455 e. The third kappa shape index (κ3) is 4.55. The number of thiophene rings is 1. The van der Waals surface area contributed by atoms with Crippen LogP contribution in [0.1, 0.15) is 0 Å². The first-order valence-corrected chi connectivity index (χ1v) is 17.4. The SMILES string of the molecule is c1ccc(-c2ccc(N(c3ccc(-c4cccc5oc6c7ccccc7ccc6c45)cc3)c3cccc4c3sc3ccccc34)cc2)cc1. The first-order chi connectivity index (χ1) is 24.3. The van der Waals surface area contributed by atoms with Gasteiger partial charge < -0.3 is 9.32 Å². The zero-order valence-electron chi connectivity index (χ0n) is 26.5. The van der Waals surface area contributed by atoms with E-state index in [-0.39, 0.29) is 0 Å². The number of furan rings is 1. The van der Waals surface area contributed by atoms with Crippen molar-refractivity contribution in [2.24, 2.45) is 0 Å². The molecule has 2 heterocycles. The molecule has 0 aliphatic carbocycles. The molecular formula is C46H29NOS. The summed E-state index contributed by atoms with van der Waals surface area (Å²) in [6, 6.07) is 63.1. The lowest BCUT2D eigenvalue weighted by atomic mass is 9.98. The highest BCUT2D eigenvalue weighted by Gasteiger charge is 2.19. The molecule has 2 nitrogen and oxygen atoms in total. The van der Waals surface area contributed by atoms with Crippen LogP contribution in [-0.4, -0.2) is 0 Å². The Morgan fingerprint density at radius 1 is 0.429 bits per heavy atom. The van der Waals surface area contributed by atoms with Gasteiger partial charge in [0.15, 0.2) is 0 Å². The second-order valence-electron chi connectivity index (χ2n) is 12.5. The van der Waals surface area contributed by atoms with Gasteiger partial charge in [-0.2, -0.15) is 0 Å². The summed E-state index contributed by atoms with van der Waals surface area (Å²) in [5.41, 5.74) is 9.99. The van der Waals surface area contributed by atoms with Crippen molar-refractivity contribution in [1.29, 1.82) is 0 Å². The van der Waals surface area contributed by atoms with E-state index in [0.29, 0.717) is 0 Å². The Hall–Kier alpha value is -6.16. The summed E-state index contributed by atoms with van der Waals surface area (Å²) < 4.78 is 9.08. The largest absolute Gasteiger partial charge is 0.455 e. The highest BCUT2D eigenvalue weighted by molar-refractivity contribution is 7.26. The molecule has 8 aromatic carbocycles. The van der Waals surface area contributed by atoms with Gasteiger partial charge in [0.25, 0.3) is 0 Å². The smallest absolute Gasteiger partial charge is 0.143 e. The van der Waals surface area contributed by atoms with E-state index in [9.17, 15) is 0 Å². The summed E-state index contributed by atoms with van der Waals surface area (Å²) >= 11 is 1.86. The molecule has 10 aromatic rings. The molecule has 49 heavy (non-hydrogen) atoms. The van der Waals surface area contributed by atoms with Gasteiger partial charge in [-0.25, -0.2) is 0 Å². The van der Waals surface area contributed by atoms with Gasteiger partial charge in [-0.1, -0.05) is 127 Å². The number of hydrogen-bond donors (Lipinski definition) is 0. The second-order valence-corrected chi connectivity index (χ2v) is 13.5. The highest BCUT2D eigenvalue weighted by Crippen LogP contribution is 2.46. The van der Waals surface area contributed by atoms with E-state index in [2.05, 4.69) is 181 Å². The van der Waals surface area contributed by atoms with Crippen molar-refractivity contribution in [3.63, 3.8) is 0 Å². The normalized spacial score (nSPS) is 11.7. The quantitative estimate of drug-likeness (QED) is 0.186. The number of hydrogen-bond acceptors (Lipinski definition) is 3. The van der Waals surface area contributed by atoms with E-state index in [1.165, 1.54) is 47.9 Å². The van der Waals surface area contributed by atoms with Crippen LogP contribution in [0.2, 0.25) is 0 Å². The van der Waals surface area contributed by atoms with Gasteiger partial charge in [-0.15, -0.1) is 11.3 Å². The molecule has 0 radical (unpaired) electrons. The Morgan fingerprint density at radius 2 is 1.08 bits per heavy atom. The van der Waals surface area contributed by atoms with Crippen LogP contribution in [0.3, 0.4) is 0 Å². The molecule has 0 aliphatic rings. The average Bonchev–Trinajstić information content (AvgIpc) is 3.75. The lowest BCUT2D eigenvalue weighted by Gasteiger charge is -2.26. The van der Waals surface area contributed by atoms with Crippen LogP contribution in [0.4, 0.5) is 17.1 Å². The molecule has 2 aromatic heterocycles. The van der Waals surface area contributed by atoms with Crippen LogP contribution in [-0.2, 0) is 0 Å². The van der Waals surface area contributed by atoms with Crippen LogP contribution < -0.4 is 4.90 Å². The molecule has 0 fully saturated rings. The average molecular weight is 644 g/mol. The summed E-state index contributed by atoms with van der Waals surface area (Å²) in [7, 11) is 0. The Balaban J connectivity index is 1.13. The summed E-state index contributed by atoms with van der Waals surface area (Å²) in [6.45, 7) is 0. The maximum Gasteiger partial charge on any atom is 0.143 e. The van der Waals surface area contributed by atoms with Crippen LogP contribution in [0.5, 0.6) is 0 Å². The summed E-state index contributed by atoms with van der Waals surface area (Å²) in [6.07, 6.45) is 0. The number of rotatable bonds is 5. The van der Waals surface area contributed by atoms with Crippen LogP contribution in [0, 0.1) is 0 Å². The minimum atomic E-state index is 0.907. The first kappa shape index (κ1) is 27.9. The number of nitrogens with zero attached hydrogens (tertiary/aromatic N) is 1. The molecule has 0 amide bonds. The molecular weight excluding hydrogens is 615 g/mol. The minimum absolute atomic E-state index is 0.907. The fourth-order valence-corrected chi connectivity index (χ4v) is 8.56. The van der Waals surface area contributed by atoms with Crippen LogP contribution in [0.25, 0.3) is 75.1 Å². The van der Waals surface area contributed by atoms with Crippen molar-refractivity contribution in [2.45, 2.75) is 0 Å². The van der Waals surface area contributed by atoms with Crippen molar-refractivity contribution in [3.8, 4) is 22.3 Å². The van der Waals surface area contributed by atoms with Gasteiger partial charge in [-0.05, 0) is 76.2 Å². The molecule has 0 aliphatic heterocycles. The van der Waals surface area contributed by atoms with Gasteiger partial charge >= 0.3 is 0 Å². The van der Waals surface area contributed by atoms with Gasteiger partial charge in [0.05, 0.1) is 10.4 Å². The van der Waals surface area contributed by atoms with E-state index < -0.39 is 0 Å².